The van der Waals surface area contributed by atoms with E-state index >= 15 is 0 Å². The van der Waals surface area contributed by atoms with Crippen LogP contribution >= 0.6 is 0 Å². The van der Waals surface area contributed by atoms with Crippen molar-refractivity contribution in [3.8, 4) is 0 Å². The minimum Gasteiger partial charge on any atom is -0.759 e. The molecular formula is C12H24MgO10S. The number of hydrogen-bond donors (Lipinski definition) is 0. The Labute approximate surface area is 158 Å². The fourth-order valence-corrected chi connectivity index (χ4v) is 1.87. The summed E-state index contributed by atoms with van der Waals surface area (Å²) >= 11 is 0. The van der Waals surface area contributed by atoms with E-state index in [0.717, 1.165) is 25.7 Å². The van der Waals surface area contributed by atoms with Gasteiger partial charge in [0.2, 0.25) is 0 Å². The molecule has 12 heteroatoms. The first-order valence-corrected chi connectivity index (χ1v) is 8.91. The minimum absolute atomic E-state index is 0. The van der Waals surface area contributed by atoms with Gasteiger partial charge in [0.1, 0.15) is 0 Å². The molecule has 0 aromatic carbocycles. The van der Waals surface area contributed by atoms with Crippen molar-refractivity contribution in [1.82, 2.24) is 0 Å². The summed E-state index contributed by atoms with van der Waals surface area (Å²) in [5, 5.41) is 16.7. The molecular weight excluding hydrogens is 360 g/mol. The van der Waals surface area contributed by atoms with Gasteiger partial charge in [-0.3, -0.25) is 8.42 Å². The maximum absolute atomic E-state index is 8.52. The molecule has 0 unspecified atom stereocenters. The summed E-state index contributed by atoms with van der Waals surface area (Å²) in [6.07, 6.45) is 11.9. The molecule has 24 heavy (non-hydrogen) atoms. The average molecular weight is 385 g/mol. The largest absolute Gasteiger partial charge is 2.00 e. The fourth-order valence-electron chi connectivity index (χ4n) is 1.87. The molecule has 0 aromatic rings. The summed E-state index contributed by atoms with van der Waals surface area (Å²) < 4.78 is 34.1. The molecule has 1 aliphatic heterocycles. The Morgan fingerprint density at radius 2 is 0.792 bits per heavy atom. The Balaban J connectivity index is 0. The van der Waals surface area contributed by atoms with Crippen LogP contribution in [0.25, 0.3) is 0 Å². The van der Waals surface area contributed by atoms with Crippen LogP contribution in [0.1, 0.15) is 64.2 Å². The third kappa shape index (κ3) is 30.3. The monoisotopic (exact) mass is 384 g/mol. The molecule has 0 aromatic heterocycles. The molecule has 1 saturated heterocycles. The van der Waals surface area contributed by atoms with Gasteiger partial charge < -0.3 is 9.11 Å². The van der Waals surface area contributed by atoms with Gasteiger partial charge in [0.25, 0.3) is 0 Å². The van der Waals surface area contributed by atoms with E-state index in [0.29, 0.717) is 13.2 Å². The van der Waals surface area contributed by atoms with E-state index in [1.807, 2.05) is 0 Å². The fraction of sp³-hybridized carbons (Fsp3) is 1.00. The normalized spacial score (nSPS) is 20.4. The van der Waals surface area contributed by atoms with E-state index in [1.165, 1.54) is 38.5 Å². The maximum Gasteiger partial charge on any atom is 2.00 e. The van der Waals surface area contributed by atoms with Gasteiger partial charge in [-0.15, -0.1) is 0 Å². The maximum atomic E-state index is 8.52. The summed E-state index contributed by atoms with van der Waals surface area (Å²) in [5.41, 5.74) is 0. The van der Waals surface area contributed by atoms with E-state index in [-0.39, 0.29) is 23.1 Å². The number of hydrogen-bond acceptors (Lipinski definition) is 10. The molecule has 0 saturated carbocycles. The molecule has 140 valence electrons. The van der Waals surface area contributed by atoms with Crippen molar-refractivity contribution in [3.05, 3.63) is 0 Å². The van der Waals surface area contributed by atoms with Gasteiger partial charge in [0, 0.05) is 10.4 Å². The van der Waals surface area contributed by atoms with Crippen LogP contribution in [0.2, 0.25) is 0 Å². The SMILES string of the molecule is C1CCCCCCOOOOOOCCCCC1.O=S(=O)([O-])[O-].[Mg+2]. The average Bonchev–Trinajstić information content (AvgIpc) is 2.46. The van der Waals surface area contributed by atoms with Crippen molar-refractivity contribution in [2.75, 3.05) is 13.2 Å². The third-order valence-electron chi connectivity index (χ3n) is 2.88. The van der Waals surface area contributed by atoms with Gasteiger partial charge in [0.15, 0.2) is 0 Å². The molecule has 0 radical (unpaired) electrons. The molecule has 0 aliphatic carbocycles. The van der Waals surface area contributed by atoms with E-state index in [9.17, 15) is 0 Å². The molecule has 1 rings (SSSR count). The van der Waals surface area contributed by atoms with Crippen LogP contribution in [-0.4, -0.2) is 53.8 Å². The Morgan fingerprint density at radius 1 is 0.542 bits per heavy atom. The van der Waals surface area contributed by atoms with Crippen LogP contribution in [-0.2, 0) is 40.3 Å². The molecule has 0 N–H and O–H groups in total. The molecule has 0 amide bonds. The smallest absolute Gasteiger partial charge is 0.759 e. The molecule has 1 fully saturated rings. The van der Waals surface area contributed by atoms with E-state index in [2.05, 4.69) is 20.2 Å². The predicted molar refractivity (Wildman–Crippen MR) is 78.6 cm³/mol. The summed E-state index contributed by atoms with van der Waals surface area (Å²) in [6, 6.07) is 0. The van der Waals surface area contributed by atoms with Gasteiger partial charge in [-0.1, -0.05) is 51.4 Å². The van der Waals surface area contributed by atoms with Gasteiger partial charge in [-0.05, 0) is 33.0 Å². The second-order valence-electron chi connectivity index (χ2n) is 4.86. The Hall–Kier alpha value is 0.396. The molecule has 0 spiro atoms. The summed E-state index contributed by atoms with van der Waals surface area (Å²) in [4.78, 5) is 9.39. The standard InChI is InChI=1S/C12H24O6.Mg.H2O4S/c1-2-4-6-8-10-12-14-16-18-17-15-13-11-9-7-5-3-1;;1-5(2,3)4/h1-12H2;;(H2,1,2,3,4)/q;+2;/p-2. The molecule has 10 nitrogen and oxygen atoms in total. The number of rotatable bonds is 0. The van der Waals surface area contributed by atoms with Gasteiger partial charge in [0.05, 0.1) is 13.2 Å². The van der Waals surface area contributed by atoms with Crippen molar-refractivity contribution < 1.29 is 47.5 Å². The van der Waals surface area contributed by atoms with Crippen LogP contribution in [0, 0.1) is 0 Å². The van der Waals surface area contributed by atoms with Crippen molar-refractivity contribution in [1.29, 1.82) is 0 Å². The Morgan fingerprint density at radius 3 is 1.08 bits per heavy atom. The Kier molecular flexibility index (Phi) is 21.9. The van der Waals surface area contributed by atoms with Crippen LogP contribution in [0.3, 0.4) is 0 Å². The zero-order valence-electron chi connectivity index (χ0n) is 13.7. The zero-order valence-corrected chi connectivity index (χ0v) is 15.9. The minimum atomic E-state index is -5.17. The molecule has 0 atom stereocenters. The first-order chi connectivity index (χ1) is 11.0. The quantitative estimate of drug-likeness (QED) is 0.263. The Bertz CT molecular complexity index is 258. The first-order valence-electron chi connectivity index (χ1n) is 7.58. The molecule has 1 heterocycles. The molecule has 0 bridgehead atoms. The van der Waals surface area contributed by atoms with Crippen LogP contribution in [0.4, 0.5) is 0 Å². The second-order valence-corrected chi connectivity index (χ2v) is 5.68. The van der Waals surface area contributed by atoms with Crippen LogP contribution < -0.4 is 0 Å². The van der Waals surface area contributed by atoms with E-state index in [1.54, 1.807) is 0 Å². The first kappa shape index (κ1) is 26.6. The summed E-state index contributed by atoms with van der Waals surface area (Å²) in [5.74, 6) is 0. The zero-order chi connectivity index (χ0) is 17.2. The van der Waals surface area contributed by atoms with E-state index in [4.69, 9.17) is 27.3 Å². The summed E-state index contributed by atoms with van der Waals surface area (Å²) in [6.45, 7) is 0.953. The molecule has 1 aliphatic rings. The van der Waals surface area contributed by atoms with Gasteiger partial charge in [-0.25, -0.2) is 9.78 Å². The van der Waals surface area contributed by atoms with E-state index < -0.39 is 10.4 Å². The van der Waals surface area contributed by atoms with Gasteiger partial charge in [-0.2, -0.15) is 0 Å². The van der Waals surface area contributed by atoms with Crippen molar-refractivity contribution >= 4 is 33.5 Å². The predicted octanol–water partition coefficient (Wildman–Crippen LogP) is 1.86. The van der Waals surface area contributed by atoms with Crippen molar-refractivity contribution in [2.45, 2.75) is 64.2 Å². The third-order valence-corrected chi connectivity index (χ3v) is 2.88. The van der Waals surface area contributed by atoms with Crippen molar-refractivity contribution in [3.63, 3.8) is 0 Å². The topological polar surface area (TPSA) is 136 Å². The second kappa shape index (κ2) is 19.7. The van der Waals surface area contributed by atoms with Crippen LogP contribution in [0.5, 0.6) is 0 Å². The van der Waals surface area contributed by atoms with Crippen LogP contribution in [0.15, 0.2) is 0 Å². The van der Waals surface area contributed by atoms with Crippen molar-refractivity contribution in [2.24, 2.45) is 0 Å². The summed E-state index contributed by atoms with van der Waals surface area (Å²) in [7, 11) is -5.17. The van der Waals surface area contributed by atoms with Gasteiger partial charge >= 0.3 is 23.1 Å².